The highest BCUT2D eigenvalue weighted by atomic mass is 15.2. The molecule has 0 spiro atoms. The number of nitrogens with zero attached hydrogens (tertiary/aromatic N) is 2. The molecule has 2 unspecified atom stereocenters. The predicted molar refractivity (Wildman–Crippen MR) is 80.0 cm³/mol. The van der Waals surface area contributed by atoms with Crippen molar-refractivity contribution in [1.82, 2.24) is 15.2 Å². The Morgan fingerprint density at radius 3 is 2.63 bits per heavy atom. The second-order valence-corrected chi connectivity index (χ2v) is 6.05. The van der Waals surface area contributed by atoms with Crippen LogP contribution in [-0.2, 0) is 6.54 Å². The van der Waals surface area contributed by atoms with Crippen LogP contribution < -0.4 is 5.32 Å². The number of aromatic nitrogens is 1. The van der Waals surface area contributed by atoms with E-state index in [4.69, 9.17) is 0 Å². The fraction of sp³-hybridized carbons (Fsp3) is 0.688. The highest BCUT2D eigenvalue weighted by Gasteiger charge is 2.28. The maximum Gasteiger partial charge on any atom is 0.0271 e. The van der Waals surface area contributed by atoms with Gasteiger partial charge in [0.1, 0.15) is 0 Å². The second kappa shape index (κ2) is 7.01. The summed E-state index contributed by atoms with van der Waals surface area (Å²) in [6.07, 6.45) is 9.11. The zero-order valence-electron chi connectivity index (χ0n) is 12.5. The van der Waals surface area contributed by atoms with E-state index in [0.717, 1.165) is 6.54 Å². The van der Waals surface area contributed by atoms with Crippen molar-refractivity contribution in [3.63, 3.8) is 0 Å². The lowest BCUT2D eigenvalue weighted by atomic mass is 9.88. The van der Waals surface area contributed by atoms with Gasteiger partial charge in [0.2, 0.25) is 0 Å². The summed E-state index contributed by atoms with van der Waals surface area (Å²) in [7, 11) is 2.26. The number of hydrogen-bond acceptors (Lipinski definition) is 3. The molecule has 2 rings (SSSR count). The van der Waals surface area contributed by atoms with E-state index in [1.54, 1.807) is 0 Å². The second-order valence-electron chi connectivity index (χ2n) is 6.05. The molecule has 19 heavy (non-hydrogen) atoms. The van der Waals surface area contributed by atoms with Gasteiger partial charge in [-0.2, -0.15) is 0 Å². The van der Waals surface area contributed by atoms with Gasteiger partial charge in [0, 0.05) is 37.1 Å². The van der Waals surface area contributed by atoms with Crippen LogP contribution in [0.15, 0.2) is 24.5 Å². The average molecular weight is 261 g/mol. The highest BCUT2D eigenvalue weighted by Crippen LogP contribution is 2.24. The Morgan fingerprint density at radius 2 is 1.95 bits per heavy atom. The molecule has 106 valence electrons. The van der Waals surface area contributed by atoms with Gasteiger partial charge in [-0.3, -0.25) is 9.88 Å². The van der Waals surface area contributed by atoms with Crippen LogP contribution in [0.4, 0.5) is 0 Å². The topological polar surface area (TPSA) is 28.2 Å². The Balaban J connectivity index is 1.97. The van der Waals surface area contributed by atoms with Crippen LogP contribution in [0.5, 0.6) is 0 Å². The first-order chi connectivity index (χ1) is 9.16. The number of nitrogens with one attached hydrogen (secondary N) is 1. The molecular weight excluding hydrogens is 234 g/mol. The average Bonchev–Trinajstić information content (AvgIpc) is 2.39. The lowest BCUT2D eigenvalue weighted by Gasteiger charge is -2.39. The predicted octanol–water partition coefficient (Wildman–Crippen LogP) is 2.82. The van der Waals surface area contributed by atoms with Crippen LogP contribution >= 0.6 is 0 Å². The van der Waals surface area contributed by atoms with Crippen molar-refractivity contribution in [3.8, 4) is 0 Å². The monoisotopic (exact) mass is 261 g/mol. The Hall–Kier alpha value is -0.930. The Bertz CT molecular complexity index is 364. The van der Waals surface area contributed by atoms with Gasteiger partial charge >= 0.3 is 0 Å². The van der Waals surface area contributed by atoms with Gasteiger partial charge in [0.15, 0.2) is 0 Å². The number of hydrogen-bond donors (Lipinski definition) is 1. The van der Waals surface area contributed by atoms with Crippen LogP contribution in [-0.4, -0.2) is 35.1 Å². The standard InChI is InChI=1S/C16H27N3/c1-13(2)18-15-6-4-5-7-16(15)19(3)12-14-8-10-17-11-9-14/h8-11,13,15-16,18H,4-7,12H2,1-3H3. The maximum absolute atomic E-state index is 4.09. The summed E-state index contributed by atoms with van der Waals surface area (Å²) in [6, 6.07) is 6.10. The minimum absolute atomic E-state index is 0.569. The molecule has 0 radical (unpaired) electrons. The normalized spacial score (nSPS) is 24.1. The third-order valence-electron chi connectivity index (χ3n) is 4.02. The zero-order chi connectivity index (χ0) is 13.7. The third kappa shape index (κ3) is 4.29. The third-order valence-corrected chi connectivity index (χ3v) is 4.02. The van der Waals surface area contributed by atoms with Crippen molar-refractivity contribution in [1.29, 1.82) is 0 Å². The molecule has 1 aromatic rings. The van der Waals surface area contributed by atoms with E-state index in [-0.39, 0.29) is 0 Å². The molecule has 0 aromatic carbocycles. The van der Waals surface area contributed by atoms with Gasteiger partial charge in [-0.25, -0.2) is 0 Å². The van der Waals surface area contributed by atoms with Gasteiger partial charge < -0.3 is 5.32 Å². The zero-order valence-corrected chi connectivity index (χ0v) is 12.5. The molecule has 0 amide bonds. The summed E-state index contributed by atoms with van der Waals surface area (Å²) >= 11 is 0. The summed E-state index contributed by atoms with van der Waals surface area (Å²) < 4.78 is 0. The molecular formula is C16H27N3. The fourth-order valence-corrected chi connectivity index (χ4v) is 3.15. The summed E-state index contributed by atoms with van der Waals surface area (Å²) in [4.78, 5) is 6.60. The fourth-order valence-electron chi connectivity index (χ4n) is 3.15. The summed E-state index contributed by atoms with van der Waals surface area (Å²) in [5.74, 6) is 0. The SMILES string of the molecule is CC(C)NC1CCCCC1N(C)Cc1ccncc1. The summed E-state index contributed by atoms with van der Waals surface area (Å²) in [6.45, 7) is 5.51. The van der Waals surface area contributed by atoms with Crippen LogP contribution in [0.25, 0.3) is 0 Å². The lowest BCUT2D eigenvalue weighted by molar-refractivity contribution is 0.138. The largest absolute Gasteiger partial charge is 0.310 e. The van der Waals surface area contributed by atoms with Crippen molar-refractivity contribution in [2.75, 3.05) is 7.05 Å². The van der Waals surface area contributed by atoms with Crippen molar-refractivity contribution in [3.05, 3.63) is 30.1 Å². The van der Waals surface area contributed by atoms with Gasteiger partial charge in [0.05, 0.1) is 0 Å². The van der Waals surface area contributed by atoms with Crippen LogP contribution in [0, 0.1) is 0 Å². The van der Waals surface area contributed by atoms with E-state index in [2.05, 4.69) is 48.2 Å². The number of pyridine rings is 1. The first-order valence-electron chi connectivity index (χ1n) is 7.52. The Kier molecular flexibility index (Phi) is 5.34. The van der Waals surface area contributed by atoms with E-state index in [1.165, 1.54) is 31.2 Å². The van der Waals surface area contributed by atoms with Crippen LogP contribution in [0.3, 0.4) is 0 Å². The molecule has 3 heteroatoms. The van der Waals surface area contributed by atoms with Crippen molar-refractivity contribution in [2.24, 2.45) is 0 Å². The Morgan fingerprint density at radius 1 is 1.26 bits per heavy atom. The van der Waals surface area contributed by atoms with E-state index in [0.29, 0.717) is 18.1 Å². The molecule has 1 aliphatic rings. The van der Waals surface area contributed by atoms with E-state index in [9.17, 15) is 0 Å². The summed E-state index contributed by atoms with van der Waals surface area (Å²) in [5, 5.41) is 3.74. The van der Waals surface area contributed by atoms with E-state index < -0.39 is 0 Å². The molecule has 0 bridgehead atoms. The molecule has 1 saturated carbocycles. The van der Waals surface area contributed by atoms with Gasteiger partial charge in [-0.05, 0) is 37.6 Å². The molecule has 1 N–H and O–H groups in total. The molecule has 3 nitrogen and oxygen atoms in total. The quantitative estimate of drug-likeness (QED) is 0.883. The smallest absolute Gasteiger partial charge is 0.0271 e. The lowest BCUT2D eigenvalue weighted by Crippen LogP contribution is -2.52. The highest BCUT2D eigenvalue weighted by molar-refractivity contribution is 5.09. The molecule has 1 fully saturated rings. The van der Waals surface area contributed by atoms with Gasteiger partial charge in [-0.1, -0.05) is 26.7 Å². The minimum Gasteiger partial charge on any atom is -0.310 e. The number of rotatable bonds is 5. The minimum atomic E-state index is 0.569. The van der Waals surface area contributed by atoms with Crippen LogP contribution in [0.1, 0.15) is 45.1 Å². The first-order valence-corrected chi connectivity index (χ1v) is 7.52. The Labute approximate surface area is 117 Å². The van der Waals surface area contributed by atoms with Gasteiger partial charge in [0.25, 0.3) is 0 Å². The summed E-state index contributed by atoms with van der Waals surface area (Å²) in [5.41, 5.74) is 1.35. The van der Waals surface area contributed by atoms with Crippen molar-refractivity contribution < 1.29 is 0 Å². The molecule has 1 heterocycles. The maximum atomic E-state index is 4.09. The van der Waals surface area contributed by atoms with Gasteiger partial charge in [-0.15, -0.1) is 0 Å². The van der Waals surface area contributed by atoms with E-state index >= 15 is 0 Å². The molecule has 0 aliphatic heterocycles. The molecule has 0 saturated heterocycles. The first kappa shape index (κ1) is 14.5. The van der Waals surface area contributed by atoms with E-state index in [1.807, 2.05) is 12.4 Å². The molecule has 2 atom stereocenters. The molecule has 1 aromatic heterocycles. The molecule has 1 aliphatic carbocycles. The number of likely N-dealkylation sites (N-methyl/N-ethyl adjacent to an activating group) is 1. The van der Waals surface area contributed by atoms with Crippen molar-refractivity contribution in [2.45, 2.75) is 64.2 Å². The van der Waals surface area contributed by atoms with Crippen LogP contribution in [0.2, 0.25) is 0 Å². The van der Waals surface area contributed by atoms with Crippen molar-refractivity contribution >= 4 is 0 Å².